The van der Waals surface area contributed by atoms with Crippen molar-refractivity contribution in [3.8, 4) is 11.3 Å². The summed E-state index contributed by atoms with van der Waals surface area (Å²) in [6.45, 7) is 0.221. The second-order valence-corrected chi connectivity index (χ2v) is 6.39. The summed E-state index contributed by atoms with van der Waals surface area (Å²) in [5, 5.41) is 7.47. The topological polar surface area (TPSA) is 94.7 Å². The molecule has 0 fully saturated rings. The van der Waals surface area contributed by atoms with E-state index in [0.29, 0.717) is 17.4 Å². The molecule has 0 aliphatic carbocycles. The van der Waals surface area contributed by atoms with E-state index in [1.165, 1.54) is 10.9 Å². The normalized spacial score (nSPS) is 10.9. The van der Waals surface area contributed by atoms with Gasteiger partial charge in [-0.3, -0.25) is 23.8 Å². The van der Waals surface area contributed by atoms with Gasteiger partial charge in [0.05, 0.1) is 22.9 Å². The quantitative estimate of drug-likeness (QED) is 0.571. The van der Waals surface area contributed by atoms with E-state index in [1.807, 2.05) is 25.2 Å². The number of aryl methyl sites for hydroxylation is 1. The van der Waals surface area contributed by atoms with Crippen LogP contribution in [0.1, 0.15) is 5.56 Å². The van der Waals surface area contributed by atoms with Crippen LogP contribution >= 0.6 is 0 Å². The fourth-order valence-corrected chi connectivity index (χ4v) is 3.01. The first kappa shape index (κ1) is 17.6. The van der Waals surface area contributed by atoms with E-state index in [0.717, 1.165) is 16.8 Å². The van der Waals surface area contributed by atoms with Gasteiger partial charge < -0.3 is 5.32 Å². The average Bonchev–Trinajstić information content (AvgIpc) is 3.15. The Kier molecular flexibility index (Phi) is 4.67. The predicted octanol–water partition coefficient (Wildman–Crippen LogP) is 1.51. The van der Waals surface area contributed by atoms with Crippen molar-refractivity contribution in [3.63, 3.8) is 0 Å². The molecule has 3 aromatic heterocycles. The van der Waals surface area contributed by atoms with Crippen LogP contribution in [0.25, 0.3) is 22.2 Å². The van der Waals surface area contributed by atoms with Crippen LogP contribution in [-0.4, -0.2) is 30.2 Å². The van der Waals surface area contributed by atoms with E-state index in [4.69, 9.17) is 0 Å². The highest BCUT2D eigenvalue weighted by Gasteiger charge is 2.09. The lowest BCUT2D eigenvalue weighted by Gasteiger charge is -2.09. The lowest BCUT2D eigenvalue weighted by atomic mass is 10.1. The average molecular weight is 374 g/mol. The molecule has 8 heteroatoms. The number of amides is 1. The van der Waals surface area contributed by atoms with Gasteiger partial charge in [-0.1, -0.05) is 12.1 Å². The monoisotopic (exact) mass is 374 g/mol. The summed E-state index contributed by atoms with van der Waals surface area (Å²) in [7, 11) is 1.86. The van der Waals surface area contributed by atoms with Crippen molar-refractivity contribution in [2.75, 3.05) is 0 Å². The van der Waals surface area contributed by atoms with Crippen molar-refractivity contribution in [1.82, 2.24) is 29.6 Å². The molecule has 0 bridgehead atoms. The Morgan fingerprint density at radius 2 is 2.04 bits per heavy atom. The third-order valence-corrected chi connectivity index (χ3v) is 4.45. The van der Waals surface area contributed by atoms with Crippen LogP contribution in [0.15, 0.2) is 66.1 Å². The zero-order valence-corrected chi connectivity index (χ0v) is 15.2. The zero-order chi connectivity index (χ0) is 19.5. The van der Waals surface area contributed by atoms with Gasteiger partial charge in [-0.05, 0) is 29.8 Å². The Morgan fingerprint density at radius 1 is 1.18 bits per heavy atom. The third kappa shape index (κ3) is 3.52. The minimum Gasteiger partial charge on any atom is -0.350 e. The Morgan fingerprint density at radius 3 is 2.86 bits per heavy atom. The van der Waals surface area contributed by atoms with Crippen LogP contribution in [0.5, 0.6) is 0 Å². The summed E-state index contributed by atoms with van der Waals surface area (Å²) in [5.74, 6) is -0.273. The molecule has 0 radical (unpaired) electrons. The summed E-state index contributed by atoms with van der Waals surface area (Å²) in [6, 6.07) is 10.9. The summed E-state index contributed by atoms with van der Waals surface area (Å²) < 4.78 is 3.07. The standard InChI is InChI=1S/C20H18N6O2/c1-25-18(6-7-24-25)15-8-14(9-21-11-15)10-22-19(27)12-26-13-23-17-5-3-2-4-16(17)20(26)28/h2-9,11,13H,10,12H2,1H3,(H,22,27). The predicted molar refractivity (Wildman–Crippen MR) is 104 cm³/mol. The molecule has 3 heterocycles. The van der Waals surface area contributed by atoms with Crippen LogP contribution in [0.2, 0.25) is 0 Å². The van der Waals surface area contributed by atoms with Gasteiger partial charge in [-0.2, -0.15) is 5.10 Å². The van der Waals surface area contributed by atoms with Gasteiger partial charge in [0.25, 0.3) is 5.56 Å². The highest BCUT2D eigenvalue weighted by molar-refractivity contribution is 5.78. The van der Waals surface area contributed by atoms with Crippen LogP contribution < -0.4 is 10.9 Å². The number of aromatic nitrogens is 5. The fraction of sp³-hybridized carbons (Fsp3) is 0.150. The molecule has 28 heavy (non-hydrogen) atoms. The van der Waals surface area contributed by atoms with Crippen molar-refractivity contribution in [2.24, 2.45) is 7.05 Å². The van der Waals surface area contributed by atoms with Gasteiger partial charge in [-0.15, -0.1) is 0 Å². The molecule has 0 atom stereocenters. The number of hydrogen-bond acceptors (Lipinski definition) is 5. The van der Waals surface area contributed by atoms with Gasteiger partial charge in [-0.25, -0.2) is 4.98 Å². The second-order valence-electron chi connectivity index (χ2n) is 6.39. The van der Waals surface area contributed by atoms with Crippen molar-refractivity contribution in [2.45, 2.75) is 13.1 Å². The largest absolute Gasteiger partial charge is 0.350 e. The molecule has 4 rings (SSSR count). The Labute approximate surface area is 160 Å². The zero-order valence-electron chi connectivity index (χ0n) is 15.2. The maximum absolute atomic E-state index is 12.5. The first-order valence-electron chi connectivity index (χ1n) is 8.75. The maximum Gasteiger partial charge on any atom is 0.261 e. The number of carbonyl (C=O) groups excluding carboxylic acids is 1. The lowest BCUT2D eigenvalue weighted by Crippen LogP contribution is -2.32. The molecular weight excluding hydrogens is 356 g/mol. The van der Waals surface area contributed by atoms with Gasteiger partial charge in [0.15, 0.2) is 0 Å². The number of rotatable bonds is 5. The SMILES string of the molecule is Cn1nccc1-c1cncc(CNC(=O)Cn2cnc3ccccc3c2=O)c1. The minimum atomic E-state index is -0.273. The van der Waals surface area contributed by atoms with Crippen molar-refractivity contribution < 1.29 is 4.79 Å². The Balaban J connectivity index is 1.45. The van der Waals surface area contributed by atoms with E-state index in [9.17, 15) is 9.59 Å². The van der Waals surface area contributed by atoms with E-state index in [1.54, 1.807) is 41.5 Å². The van der Waals surface area contributed by atoms with Crippen molar-refractivity contribution >= 4 is 16.8 Å². The Bertz CT molecular complexity index is 1210. The number of nitrogens with one attached hydrogen (secondary N) is 1. The van der Waals surface area contributed by atoms with E-state index < -0.39 is 0 Å². The summed E-state index contributed by atoms with van der Waals surface area (Å²) in [4.78, 5) is 33.2. The summed E-state index contributed by atoms with van der Waals surface area (Å²) in [5.41, 5.74) is 3.09. The molecule has 0 saturated carbocycles. The number of hydrogen-bond donors (Lipinski definition) is 1. The number of pyridine rings is 1. The lowest BCUT2D eigenvalue weighted by molar-refractivity contribution is -0.121. The van der Waals surface area contributed by atoms with Crippen molar-refractivity contribution in [1.29, 1.82) is 0 Å². The molecule has 8 nitrogen and oxygen atoms in total. The van der Waals surface area contributed by atoms with E-state index in [2.05, 4.69) is 20.4 Å². The molecule has 0 aliphatic rings. The van der Waals surface area contributed by atoms with Crippen molar-refractivity contribution in [3.05, 3.63) is 77.2 Å². The number of nitrogens with zero attached hydrogens (tertiary/aromatic N) is 5. The van der Waals surface area contributed by atoms with Gasteiger partial charge in [0.1, 0.15) is 6.54 Å². The van der Waals surface area contributed by atoms with Crippen LogP contribution in [-0.2, 0) is 24.9 Å². The molecule has 1 aromatic carbocycles. The number of para-hydroxylation sites is 1. The van der Waals surface area contributed by atoms with Crippen LogP contribution in [0.4, 0.5) is 0 Å². The van der Waals surface area contributed by atoms with Gasteiger partial charge in [0, 0.05) is 37.7 Å². The molecule has 0 spiro atoms. The molecule has 0 aliphatic heterocycles. The van der Waals surface area contributed by atoms with Gasteiger partial charge in [0.2, 0.25) is 5.91 Å². The first-order chi connectivity index (χ1) is 13.6. The smallest absolute Gasteiger partial charge is 0.261 e. The van der Waals surface area contributed by atoms with Crippen LogP contribution in [0.3, 0.4) is 0 Å². The number of benzene rings is 1. The summed E-state index contributed by atoms with van der Waals surface area (Å²) in [6.07, 6.45) is 6.57. The molecule has 4 aromatic rings. The first-order valence-corrected chi connectivity index (χ1v) is 8.75. The van der Waals surface area contributed by atoms with E-state index >= 15 is 0 Å². The number of fused-ring (bicyclic) bond motifs is 1. The minimum absolute atomic E-state index is 0.0917. The fourth-order valence-electron chi connectivity index (χ4n) is 3.01. The van der Waals surface area contributed by atoms with Crippen LogP contribution in [0, 0.1) is 0 Å². The molecular formula is C20H18N6O2. The third-order valence-electron chi connectivity index (χ3n) is 4.45. The number of carbonyl (C=O) groups is 1. The van der Waals surface area contributed by atoms with E-state index in [-0.39, 0.29) is 18.0 Å². The second kappa shape index (κ2) is 7.43. The molecule has 1 N–H and O–H groups in total. The molecule has 0 unspecified atom stereocenters. The molecule has 0 saturated heterocycles. The highest BCUT2D eigenvalue weighted by atomic mass is 16.2. The molecule has 140 valence electrons. The summed E-state index contributed by atoms with van der Waals surface area (Å²) >= 11 is 0. The van der Waals surface area contributed by atoms with Gasteiger partial charge >= 0.3 is 0 Å². The maximum atomic E-state index is 12.5. The molecule has 1 amide bonds. The highest BCUT2D eigenvalue weighted by Crippen LogP contribution is 2.18. The Hall–Kier alpha value is -3.81.